The van der Waals surface area contributed by atoms with Crippen molar-refractivity contribution in [1.29, 1.82) is 0 Å². The van der Waals surface area contributed by atoms with E-state index in [4.69, 9.17) is 0 Å². The maximum Gasteiger partial charge on any atom is 0.0335 e. The molecule has 100 valence electrons. The molecule has 1 heterocycles. The summed E-state index contributed by atoms with van der Waals surface area (Å²) in [6.07, 6.45) is 2.47. The van der Waals surface area contributed by atoms with Crippen LogP contribution in [0.15, 0.2) is 24.3 Å². The van der Waals surface area contributed by atoms with Gasteiger partial charge in [0.2, 0.25) is 0 Å². The molecule has 2 atom stereocenters. The smallest absolute Gasteiger partial charge is 0.0335 e. The molecule has 1 aromatic rings. The molecule has 2 unspecified atom stereocenters. The highest BCUT2D eigenvalue weighted by Crippen LogP contribution is 2.26. The number of hydrogen-bond donors (Lipinski definition) is 1. The van der Waals surface area contributed by atoms with Gasteiger partial charge in [-0.2, -0.15) is 0 Å². The SMILES string of the molecule is CC(C)c1ccc(C2CC(N(C)C)CCN2)cc1. The van der Waals surface area contributed by atoms with Crippen LogP contribution in [-0.2, 0) is 0 Å². The van der Waals surface area contributed by atoms with Gasteiger partial charge in [-0.1, -0.05) is 38.1 Å². The molecule has 1 fully saturated rings. The number of nitrogens with one attached hydrogen (secondary N) is 1. The van der Waals surface area contributed by atoms with Crippen molar-refractivity contribution in [3.05, 3.63) is 35.4 Å². The molecule has 0 bridgehead atoms. The second-order valence-corrected chi connectivity index (χ2v) is 5.97. The average molecular weight is 246 g/mol. The molecule has 1 saturated heterocycles. The first-order valence-corrected chi connectivity index (χ1v) is 7.07. The molecule has 0 radical (unpaired) electrons. The number of hydrogen-bond acceptors (Lipinski definition) is 2. The number of piperidine rings is 1. The van der Waals surface area contributed by atoms with Crippen molar-refractivity contribution in [2.24, 2.45) is 0 Å². The van der Waals surface area contributed by atoms with E-state index >= 15 is 0 Å². The second-order valence-electron chi connectivity index (χ2n) is 5.97. The van der Waals surface area contributed by atoms with Crippen LogP contribution in [-0.4, -0.2) is 31.6 Å². The number of nitrogens with zero attached hydrogens (tertiary/aromatic N) is 1. The van der Waals surface area contributed by atoms with Gasteiger partial charge >= 0.3 is 0 Å². The molecule has 1 aliphatic rings. The molecule has 1 aromatic carbocycles. The zero-order valence-corrected chi connectivity index (χ0v) is 12.1. The lowest BCUT2D eigenvalue weighted by Gasteiger charge is -2.34. The van der Waals surface area contributed by atoms with Gasteiger partial charge in [-0.25, -0.2) is 0 Å². The molecule has 0 saturated carbocycles. The number of rotatable bonds is 3. The Morgan fingerprint density at radius 2 is 1.83 bits per heavy atom. The van der Waals surface area contributed by atoms with Crippen LogP contribution in [0.5, 0.6) is 0 Å². The average Bonchev–Trinajstić information content (AvgIpc) is 2.39. The Kier molecular flexibility index (Phi) is 4.41. The molecule has 1 N–H and O–H groups in total. The predicted molar refractivity (Wildman–Crippen MR) is 78.0 cm³/mol. The van der Waals surface area contributed by atoms with E-state index in [1.54, 1.807) is 0 Å². The maximum atomic E-state index is 3.64. The third-order valence-electron chi connectivity index (χ3n) is 4.11. The van der Waals surface area contributed by atoms with Crippen molar-refractivity contribution < 1.29 is 0 Å². The van der Waals surface area contributed by atoms with Crippen molar-refractivity contribution in [2.75, 3.05) is 20.6 Å². The molecule has 18 heavy (non-hydrogen) atoms. The van der Waals surface area contributed by atoms with E-state index in [1.807, 2.05) is 0 Å². The zero-order chi connectivity index (χ0) is 13.1. The molecule has 0 spiro atoms. The van der Waals surface area contributed by atoms with Gasteiger partial charge in [-0.05, 0) is 50.5 Å². The molecular weight excluding hydrogens is 220 g/mol. The Morgan fingerprint density at radius 3 is 2.39 bits per heavy atom. The fourth-order valence-electron chi connectivity index (χ4n) is 2.73. The first kappa shape index (κ1) is 13.6. The Bertz CT molecular complexity index is 367. The molecule has 2 rings (SSSR count). The number of benzene rings is 1. The lowest BCUT2D eigenvalue weighted by Crippen LogP contribution is -2.41. The first-order chi connectivity index (χ1) is 8.58. The van der Waals surface area contributed by atoms with E-state index in [1.165, 1.54) is 24.0 Å². The first-order valence-electron chi connectivity index (χ1n) is 7.07. The van der Waals surface area contributed by atoms with E-state index in [9.17, 15) is 0 Å². The molecule has 2 nitrogen and oxygen atoms in total. The summed E-state index contributed by atoms with van der Waals surface area (Å²) in [5.74, 6) is 0.618. The summed E-state index contributed by atoms with van der Waals surface area (Å²) < 4.78 is 0. The minimum atomic E-state index is 0.521. The van der Waals surface area contributed by atoms with Gasteiger partial charge in [0.15, 0.2) is 0 Å². The summed E-state index contributed by atoms with van der Waals surface area (Å²) in [7, 11) is 4.38. The summed E-state index contributed by atoms with van der Waals surface area (Å²) in [5, 5.41) is 3.64. The zero-order valence-electron chi connectivity index (χ0n) is 12.1. The van der Waals surface area contributed by atoms with Gasteiger partial charge < -0.3 is 10.2 Å². The fourth-order valence-corrected chi connectivity index (χ4v) is 2.73. The van der Waals surface area contributed by atoms with Crippen molar-refractivity contribution in [1.82, 2.24) is 10.2 Å². The largest absolute Gasteiger partial charge is 0.310 e. The fraction of sp³-hybridized carbons (Fsp3) is 0.625. The maximum absolute atomic E-state index is 3.64. The lowest BCUT2D eigenvalue weighted by molar-refractivity contribution is 0.207. The Balaban J connectivity index is 2.06. The normalized spacial score (nSPS) is 24.8. The van der Waals surface area contributed by atoms with E-state index in [0.29, 0.717) is 18.0 Å². The molecule has 1 aliphatic heterocycles. The van der Waals surface area contributed by atoms with Crippen LogP contribution in [0, 0.1) is 0 Å². The minimum Gasteiger partial charge on any atom is -0.310 e. The third kappa shape index (κ3) is 3.12. The summed E-state index contributed by atoms with van der Waals surface area (Å²) in [6.45, 7) is 5.62. The predicted octanol–water partition coefficient (Wildman–Crippen LogP) is 3.16. The summed E-state index contributed by atoms with van der Waals surface area (Å²) >= 11 is 0. The Labute approximate surface area is 111 Å². The van der Waals surface area contributed by atoms with Crippen molar-refractivity contribution >= 4 is 0 Å². The van der Waals surface area contributed by atoms with E-state index in [2.05, 4.69) is 62.4 Å². The van der Waals surface area contributed by atoms with Gasteiger partial charge in [-0.3, -0.25) is 0 Å². The topological polar surface area (TPSA) is 15.3 Å². The van der Waals surface area contributed by atoms with Crippen molar-refractivity contribution in [2.45, 2.75) is 44.7 Å². The van der Waals surface area contributed by atoms with Gasteiger partial charge in [0.1, 0.15) is 0 Å². The van der Waals surface area contributed by atoms with Gasteiger partial charge in [-0.15, -0.1) is 0 Å². The van der Waals surface area contributed by atoms with Crippen LogP contribution in [0.2, 0.25) is 0 Å². The van der Waals surface area contributed by atoms with Gasteiger partial charge in [0, 0.05) is 12.1 Å². The van der Waals surface area contributed by atoms with Crippen LogP contribution in [0.25, 0.3) is 0 Å². The monoisotopic (exact) mass is 246 g/mol. The molecule has 0 amide bonds. The molecular formula is C16H26N2. The Hall–Kier alpha value is -0.860. The molecule has 2 heteroatoms. The lowest BCUT2D eigenvalue weighted by atomic mass is 9.91. The van der Waals surface area contributed by atoms with Gasteiger partial charge in [0.05, 0.1) is 0 Å². The van der Waals surface area contributed by atoms with Crippen molar-refractivity contribution in [3.8, 4) is 0 Å². The van der Waals surface area contributed by atoms with E-state index in [-0.39, 0.29) is 0 Å². The van der Waals surface area contributed by atoms with Gasteiger partial charge in [0.25, 0.3) is 0 Å². The summed E-state index contributed by atoms with van der Waals surface area (Å²) in [4.78, 5) is 2.36. The van der Waals surface area contributed by atoms with Crippen LogP contribution < -0.4 is 5.32 Å². The van der Waals surface area contributed by atoms with Crippen LogP contribution in [0.3, 0.4) is 0 Å². The summed E-state index contributed by atoms with van der Waals surface area (Å²) in [6, 6.07) is 10.4. The highest BCUT2D eigenvalue weighted by Gasteiger charge is 2.23. The summed E-state index contributed by atoms with van der Waals surface area (Å²) in [5.41, 5.74) is 2.87. The highest BCUT2D eigenvalue weighted by atomic mass is 15.1. The van der Waals surface area contributed by atoms with E-state index < -0.39 is 0 Å². The highest BCUT2D eigenvalue weighted by molar-refractivity contribution is 5.27. The molecule has 0 aromatic heterocycles. The van der Waals surface area contributed by atoms with Crippen LogP contribution in [0.1, 0.15) is 49.8 Å². The third-order valence-corrected chi connectivity index (χ3v) is 4.11. The molecule has 0 aliphatic carbocycles. The van der Waals surface area contributed by atoms with Crippen LogP contribution in [0.4, 0.5) is 0 Å². The minimum absolute atomic E-state index is 0.521. The quantitative estimate of drug-likeness (QED) is 0.881. The van der Waals surface area contributed by atoms with Crippen LogP contribution >= 0.6 is 0 Å². The Morgan fingerprint density at radius 1 is 1.17 bits per heavy atom. The van der Waals surface area contributed by atoms with E-state index in [0.717, 1.165) is 6.54 Å². The second kappa shape index (κ2) is 5.85. The standard InChI is InChI=1S/C16H26N2/c1-12(2)13-5-7-14(8-6-13)16-11-15(18(3)4)9-10-17-16/h5-8,12,15-17H,9-11H2,1-4H3. The van der Waals surface area contributed by atoms with Crippen molar-refractivity contribution in [3.63, 3.8) is 0 Å².